The molecule has 0 amide bonds. The lowest BCUT2D eigenvalue weighted by atomic mass is 9.93. The zero-order valence-electron chi connectivity index (χ0n) is 8.26. The number of allylic oxidation sites excluding steroid dienone is 1. The van der Waals surface area contributed by atoms with E-state index in [1.165, 1.54) is 0 Å². The van der Waals surface area contributed by atoms with Crippen molar-refractivity contribution in [3.63, 3.8) is 0 Å². The smallest absolute Gasteiger partial charge is 0.481 e. The van der Waals surface area contributed by atoms with Crippen LogP contribution in [0.4, 0.5) is 4.79 Å². The molecule has 0 aromatic rings. The first kappa shape index (κ1) is 11.6. The highest BCUT2D eigenvalue weighted by Gasteiger charge is 2.21. The lowest BCUT2D eigenvalue weighted by molar-refractivity contribution is -0.142. The van der Waals surface area contributed by atoms with Crippen LogP contribution in [0.15, 0.2) is 12.2 Å². The zero-order chi connectivity index (χ0) is 11.3. The maximum atomic E-state index is 10.8. The van der Waals surface area contributed by atoms with E-state index in [2.05, 4.69) is 4.74 Å². The Morgan fingerprint density at radius 2 is 1.93 bits per heavy atom. The van der Waals surface area contributed by atoms with Gasteiger partial charge in [0.25, 0.3) is 0 Å². The van der Waals surface area contributed by atoms with Gasteiger partial charge in [0.1, 0.15) is 6.10 Å². The van der Waals surface area contributed by atoms with Crippen molar-refractivity contribution >= 4 is 12.1 Å². The van der Waals surface area contributed by atoms with Gasteiger partial charge in [-0.25, -0.2) is 4.79 Å². The minimum Gasteiger partial charge on any atom is -0.481 e. The van der Waals surface area contributed by atoms with Crippen LogP contribution >= 0.6 is 0 Å². The Morgan fingerprint density at radius 3 is 2.53 bits per heavy atom. The molecular formula is C10H14O5. The SMILES string of the molecule is O=C(O)OC1/C=C/CCC(C(=O)O)CC1. The monoisotopic (exact) mass is 214 g/mol. The summed E-state index contributed by atoms with van der Waals surface area (Å²) in [5.74, 6) is -1.21. The van der Waals surface area contributed by atoms with Crippen molar-refractivity contribution in [2.75, 3.05) is 0 Å². The van der Waals surface area contributed by atoms with E-state index < -0.39 is 24.1 Å². The molecular weight excluding hydrogens is 200 g/mol. The lowest BCUT2D eigenvalue weighted by Crippen LogP contribution is -2.21. The minimum atomic E-state index is -1.32. The van der Waals surface area contributed by atoms with Gasteiger partial charge in [-0.15, -0.1) is 0 Å². The van der Waals surface area contributed by atoms with Crippen LogP contribution in [-0.4, -0.2) is 28.4 Å². The molecule has 2 N–H and O–H groups in total. The van der Waals surface area contributed by atoms with Gasteiger partial charge >= 0.3 is 12.1 Å². The summed E-state index contributed by atoms with van der Waals surface area (Å²) in [6.07, 6.45) is 3.77. The number of carbonyl (C=O) groups is 2. The fourth-order valence-electron chi connectivity index (χ4n) is 1.63. The molecule has 5 heteroatoms. The quantitative estimate of drug-likeness (QED) is 0.541. The third kappa shape index (κ3) is 4.01. The second kappa shape index (κ2) is 5.38. The standard InChI is InChI=1S/C10H14O5/c11-9(12)7-3-1-2-4-8(6-5-7)15-10(13)14/h2,4,7-8H,1,3,5-6H2,(H,11,12)(H,13,14)/b4-2+. The predicted molar refractivity (Wildman–Crippen MR) is 51.6 cm³/mol. The number of ether oxygens (including phenoxy) is 1. The van der Waals surface area contributed by atoms with Crippen molar-refractivity contribution in [1.82, 2.24) is 0 Å². The number of carboxylic acids is 1. The first-order valence-corrected chi connectivity index (χ1v) is 4.88. The molecule has 0 saturated carbocycles. The Morgan fingerprint density at radius 1 is 1.20 bits per heavy atom. The average molecular weight is 214 g/mol. The lowest BCUT2D eigenvalue weighted by Gasteiger charge is -2.18. The highest BCUT2D eigenvalue weighted by molar-refractivity contribution is 5.69. The third-order valence-electron chi connectivity index (χ3n) is 2.43. The molecule has 1 aliphatic rings. The third-order valence-corrected chi connectivity index (χ3v) is 2.43. The molecule has 0 aromatic carbocycles. The second-order valence-electron chi connectivity index (χ2n) is 3.54. The Labute approximate surface area is 87.4 Å². The van der Waals surface area contributed by atoms with Crippen molar-refractivity contribution in [2.45, 2.75) is 31.8 Å². The second-order valence-corrected chi connectivity index (χ2v) is 3.54. The van der Waals surface area contributed by atoms with E-state index in [0.717, 1.165) is 0 Å². The van der Waals surface area contributed by atoms with Crippen molar-refractivity contribution in [1.29, 1.82) is 0 Å². The molecule has 15 heavy (non-hydrogen) atoms. The molecule has 0 bridgehead atoms. The normalized spacial score (nSPS) is 28.5. The molecule has 0 radical (unpaired) electrons. The van der Waals surface area contributed by atoms with Gasteiger partial charge in [-0.3, -0.25) is 4.79 Å². The predicted octanol–water partition coefficient (Wildman–Crippen LogP) is 1.88. The zero-order valence-corrected chi connectivity index (χ0v) is 8.26. The van der Waals surface area contributed by atoms with Gasteiger partial charge in [0.2, 0.25) is 0 Å². The number of aliphatic carboxylic acids is 1. The van der Waals surface area contributed by atoms with E-state index in [0.29, 0.717) is 25.7 Å². The number of hydrogen-bond acceptors (Lipinski definition) is 3. The number of rotatable bonds is 2. The summed E-state index contributed by atoms with van der Waals surface area (Å²) in [6, 6.07) is 0. The molecule has 2 unspecified atom stereocenters. The molecule has 0 saturated heterocycles. The fourth-order valence-corrected chi connectivity index (χ4v) is 1.63. The van der Waals surface area contributed by atoms with Gasteiger partial charge in [-0.1, -0.05) is 6.08 Å². The summed E-state index contributed by atoms with van der Waals surface area (Å²) >= 11 is 0. The Hall–Kier alpha value is -1.52. The van der Waals surface area contributed by atoms with Crippen molar-refractivity contribution in [2.24, 2.45) is 5.92 Å². The molecule has 1 aliphatic carbocycles. The Balaban J connectivity index is 2.53. The van der Waals surface area contributed by atoms with Crippen molar-refractivity contribution < 1.29 is 24.5 Å². The van der Waals surface area contributed by atoms with Crippen LogP contribution in [0.2, 0.25) is 0 Å². The van der Waals surface area contributed by atoms with Gasteiger partial charge in [0, 0.05) is 0 Å². The highest BCUT2D eigenvalue weighted by Crippen LogP contribution is 2.20. The van der Waals surface area contributed by atoms with Crippen LogP contribution in [0.3, 0.4) is 0 Å². The van der Waals surface area contributed by atoms with E-state index >= 15 is 0 Å². The first-order valence-electron chi connectivity index (χ1n) is 4.88. The highest BCUT2D eigenvalue weighted by atomic mass is 16.7. The Kier molecular flexibility index (Phi) is 4.15. The van der Waals surface area contributed by atoms with Gasteiger partial charge in [-0.05, 0) is 31.8 Å². The average Bonchev–Trinajstić information content (AvgIpc) is 2.08. The van der Waals surface area contributed by atoms with Crippen molar-refractivity contribution in [3.05, 3.63) is 12.2 Å². The molecule has 0 aliphatic heterocycles. The summed E-state index contributed by atoms with van der Waals surface area (Å²) in [7, 11) is 0. The van der Waals surface area contributed by atoms with Crippen LogP contribution in [-0.2, 0) is 9.53 Å². The van der Waals surface area contributed by atoms with Gasteiger partial charge in [0.15, 0.2) is 0 Å². The van der Waals surface area contributed by atoms with Crippen LogP contribution < -0.4 is 0 Å². The van der Waals surface area contributed by atoms with E-state index in [4.69, 9.17) is 10.2 Å². The van der Waals surface area contributed by atoms with E-state index in [1.54, 1.807) is 12.2 Å². The van der Waals surface area contributed by atoms with Gasteiger partial charge in [-0.2, -0.15) is 0 Å². The molecule has 1 rings (SSSR count). The first-order chi connectivity index (χ1) is 7.09. The summed E-state index contributed by atoms with van der Waals surface area (Å²) in [5, 5.41) is 17.3. The molecule has 0 aromatic heterocycles. The summed E-state index contributed by atoms with van der Waals surface area (Å²) in [5.41, 5.74) is 0. The minimum absolute atomic E-state index is 0.394. The molecule has 2 atom stereocenters. The van der Waals surface area contributed by atoms with Crippen LogP contribution in [0.5, 0.6) is 0 Å². The summed E-state index contributed by atoms with van der Waals surface area (Å²) in [4.78, 5) is 21.1. The van der Waals surface area contributed by atoms with Crippen LogP contribution in [0.1, 0.15) is 25.7 Å². The number of hydrogen-bond donors (Lipinski definition) is 2. The fraction of sp³-hybridized carbons (Fsp3) is 0.600. The van der Waals surface area contributed by atoms with Gasteiger partial charge in [0.05, 0.1) is 5.92 Å². The van der Waals surface area contributed by atoms with Crippen molar-refractivity contribution in [3.8, 4) is 0 Å². The Bertz CT molecular complexity index is 271. The van der Waals surface area contributed by atoms with Crippen LogP contribution in [0.25, 0.3) is 0 Å². The number of carboxylic acid groups (broad SMARTS) is 2. The van der Waals surface area contributed by atoms with Gasteiger partial charge < -0.3 is 14.9 Å². The van der Waals surface area contributed by atoms with Crippen LogP contribution in [0, 0.1) is 5.92 Å². The maximum Gasteiger partial charge on any atom is 0.506 e. The van der Waals surface area contributed by atoms with E-state index in [9.17, 15) is 9.59 Å². The molecule has 0 heterocycles. The summed E-state index contributed by atoms with van der Waals surface area (Å²) in [6.45, 7) is 0. The maximum absolute atomic E-state index is 10.8. The topological polar surface area (TPSA) is 83.8 Å². The molecule has 5 nitrogen and oxygen atoms in total. The molecule has 84 valence electrons. The molecule has 0 spiro atoms. The molecule has 0 fully saturated rings. The largest absolute Gasteiger partial charge is 0.506 e. The summed E-state index contributed by atoms with van der Waals surface area (Å²) < 4.78 is 4.59. The van der Waals surface area contributed by atoms with E-state index in [-0.39, 0.29) is 0 Å². The van der Waals surface area contributed by atoms with E-state index in [1.807, 2.05) is 0 Å².